The molecule has 0 amide bonds. The fraction of sp³-hybridized carbons (Fsp3) is 0.647. The molecule has 1 aliphatic heterocycles. The first kappa shape index (κ1) is 16.6. The summed E-state index contributed by atoms with van der Waals surface area (Å²) in [6, 6.07) is 6.83. The van der Waals surface area contributed by atoms with Crippen LogP contribution in [0, 0.1) is 5.41 Å². The van der Waals surface area contributed by atoms with Crippen LogP contribution in [-0.4, -0.2) is 37.2 Å². The Morgan fingerprint density at radius 1 is 1.38 bits per heavy atom. The fourth-order valence-electron chi connectivity index (χ4n) is 2.81. The molecule has 1 aromatic carbocycles. The van der Waals surface area contributed by atoms with E-state index in [1.165, 1.54) is 0 Å². The van der Waals surface area contributed by atoms with Gasteiger partial charge in [0.1, 0.15) is 5.75 Å². The third-order valence-electron chi connectivity index (χ3n) is 4.40. The molecular formula is C17H27ClN2O. The maximum atomic E-state index is 6.38. The van der Waals surface area contributed by atoms with Crippen LogP contribution in [0.2, 0.25) is 5.02 Å². The lowest BCUT2D eigenvalue weighted by Crippen LogP contribution is -2.59. The monoisotopic (exact) mass is 310 g/mol. The van der Waals surface area contributed by atoms with E-state index in [-0.39, 0.29) is 5.41 Å². The number of ether oxygens (including phenoxy) is 1. The lowest BCUT2D eigenvalue weighted by Gasteiger charge is -2.44. The van der Waals surface area contributed by atoms with Crippen molar-refractivity contribution in [3.05, 3.63) is 28.8 Å². The molecule has 0 radical (unpaired) electrons. The molecule has 1 aromatic rings. The Kier molecular flexibility index (Phi) is 5.18. The molecule has 0 aromatic heterocycles. The number of hydrogen-bond donors (Lipinski definition) is 1. The molecule has 1 saturated heterocycles. The van der Waals surface area contributed by atoms with E-state index in [9.17, 15) is 0 Å². The number of benzene rings is 1. The molecule has 1 heterocycles. The van der Waals surface area contributed by atoms with Gasteiger partial charge < -0.3 is 10.1 Å². The Morgan fingerprint density at radius 3 is 2.71 bits per heavy atom. The number of halogens is 1. The van der Waals surface area contributed by atoms with Gasteiger partial charge >= 0.3 is 0 Å². The van der Waals surface area contributed by atoms with E-state index in [1.807, 2.05) is 18.2 Å². The summed E-state index contributed by atoms with van der Waals surface area (Å²) in [4.78, 5) is 2.50. The number of hydrogen-bond acceptors (Lipinski definition) is 3. The molecule has 118 valence electrons. The third kappa shape index (κ3) is 3.91. The van der Waals surface area contributed by atoms with Gasteiger partial charge in [0, 0.05) is 42.3 Å². The van der Waals surface area contributed by atoms with E-state index in [0.717, 1.165) is 36.0 Å². The lowest BCUT2D eigenvalue weighted by atomic mass is 9.84. The SMILES string of the molecule is COc1cccc(Cl)c1CN1CC(C(C)(C)C)NCC1C. The molecule has 3 nitrogen and oxygen atoms in total. The van der Waals surface area contributed by atoms with E-state index in [1.54, 1.807) is 7.11 Å². The van der Waals surface area contributed by atoms with Crippen LogP contribution in [0.1, 0.15) is 33.3 Å². The number of methoxy groups -OCH3 is 1. The van der Waals surface area contributed by atoms with Crippen molar-refractivity contribution in [3.63, 3.8) is 0 Å². The summed E-state index contributed by atoms with van der Waals surface area (Å²) in [6.07, 6.45) is 0. The summed E-state index contributed by atoms with van der Waals surface area (Å²) in [6.45, 7) is 12.0. The fourth-order valence-corrected chi connectivity index (χ4v) is 3.03. The minimum atomic E-state index is 0.253. The molecule has 0 bridgehead atoms. The molecule has 1 fully saturated rings. The van der Waals surface area contributed by atoms with Crippen LogP contribution in [0.25, 0.3) is 0 Å². The van der Waals surface area contributed by atoms with Crippen LogP contribution in [0.5, 0.6) is 5.75 Å². The van der Waals surface area contributed by atoms with Crippen molar-refractivity contribution >= 4 is 11.6 Å². The van der Waals surface area contributed by atoms with Crippen molar-refractivity contribution in [1.29, 1.82) is 0 Å². The second-order valence-electron chi connectivity index (χ2n) is 7.03. The van der Waals surface area contributed by atoms with Gasteiger partial charge in [-0.05, 0) is 24.5 Å². The Morgan fingerprint density at radius 2 is 2.10 bits per heavy atom. The second kappa shape index (κ2) is 6.55. The van der Waals surface area contributed by atoms with Crippen molar-refractivity contribution in [2.24, 2.45) is 5.41 Å². The van der Waals surface area contributed by atoms with Crippen molar-refractivity contribution < 1.29 is 4.74 Å². The second-order valence-corrected chi connectivity index (χ2v) is 7.43. The molecule has 0 aliphatic carbocycles. The van der Waals surface area contributed by atoms with Gasteiger partial charge in [0.2, 0.25) is 0 Å². The van der Waals surface area contributed by atoms with Gasteiger partial charge in [-0.3, -0.25) is 4.90 Å². The molecule has 1 aliphatic rings. The van der Waals surface area contributed by atoms with Gasteiger partial charge in [-0.25, -0.2) is 0 Å². The Bertz CT molecular complexity index is 484. The molecule has 0 saturated carbocycles. The largest absolute Gasteiger partial charge is 0.496 e. The average molecular weight is 311 g/mol. The minimum Gasteiger partial charge on any atom is -0.496 e. The van der Waals surface area contributed by atoms with Gasteiger partial charge in [0.25, 0.3) is 0 Å². The van der Waals surface area contributed by atoms with Crippen LogP contribution in [0.4, 0.5) is 0 Å². The zero-order chi connectivity index (χ0) is 15.6. The summed E-state index contributed by atoms with van der Waals surface area (Å²) in [5.74, 6) is 0.876. The maximum absolute atomic E-state index is 6.38. The van der Waals surface area contributed by atoms with E-state index in [2.05, 4.69) is 37.9 Å². The highest BCUT2D eigenvalue weighted by Crippen LogP contribution is 2.30. The first-order valence-corrected chi connectivity index (χ1v) is 7.99. The summed E-state index contributed by atoms with van der Waals surface area (Å²) in [5, 5.41) is 4.45. The summed E-state index contributed by atoms with van der Waals surface area (Å²) in [5.41, 5.74) is 1.34. The van der Waals surface area contributed by atoms with E-state index in [0.29, 0.717) is 12.1 Å². The van der Waals surface area contributed by atoms with Gasteiger partial charge in [0.05, 0.1) is 7.11 Å². The maximum Gasteiger partial charge on any atom is 0.124 e. The van der Waals surface area contributed by atoms with Crippen LogP contribution in [0.3, 0.4) is 0 Å². The normalized spacial score (nSPS) is 24.1. The molecule has 4 heteroatoms. The van der Waals surface area contributed by atoms with Gasteiger partial charge in [0.15, 0.2) is 0 Å². The predicted octanol–water partition coefficient (Wildman–Crippen LogP) is 3.56. The van der Waals surface area contributed by atoms with Gasteiger partial charge in [-0.2, -0.15) is 0 Å². The Labute approximate surface area is 133 Å². The van der Waals surface area contributed by atoms with E-state index in [4.69, 9.17) is 16.3 Å². The summed E-state index contributed by atoms with van der Waals surface area (Å²) >= 11 is 6.38. The Hall–Kier alpha value is -0.770. The number of nitrogens with one attached hydrogen (secondary N) is 1. The highest BCUT2D eigenvalue weighted by atomic mass is 35.5. The molecule has 2 unspecified atom stereocenters. The van der Waals surface area contributed by atoms with Crippen molar-refractivity contribution in [2.45, 2.75) is 46.3 Å². The van der Waals surface area contributed by atoms with Crippen molar-refractivity contribution in [2.75, 3.05) is 20.2 Å². The summed E-state index contributed by atoms with van der Waals surface area (Å²) in [7, 11) is 1.70. The van der Waals surface area contributed by atoms with E-state index < -0.39 is 0 Å². The average Bonchev–Trinajstić information content (AvgIpc) is 2.41. The van der Waals surface area contributed by atoms with Crippen LogP contribution < -0.4 is 10.1 Å². The van der Waals surface area contributed by atoms with E-state index >= 15 is 0 Å². The topological polar surface area (TPSA) is 24.5 Å². The third-order valence-corrected chi connectivity index (χ3v) is 4.76. The number of piperazine rings is 1. The van der Waals surface area contributed by atoms with Gasteiger partial charge in [-0.15, -0.1) is 0 Å². The smallest absolute Gasteiger partial charge is 0.124 e. The predicted molar refractivity (Wildman–Crippen MR) is 89.1 cm³/mol. The highest BCUT2D eigenvalue weighted by Gasteiger charge is 2.32. The molecular weight excluding hydrogens is 284 g/mol. The quantitative estimate of drug-likeness (QED) is 0.924. The number of nitrogens with zero attached hydrogens (tertiary/aromatic N) is 1. The number of rotatable bonds is 3. The first-order valence-electron chi connectivity index (χ1n) is 7.61. The molecule has 2 rings (SSSR count). The van der Waals surface area contributed by atoms with Crippen LogP contribution in [-0.2, 0) is 6.54 Å². The molecule has 1 N–H and O–H groups in total. The molecule has 0 spiro atoms. The van der Waals surface area contributed by atoms with Crippen molar-refractivity contribution in [3.8, 4) is 5.75 Å². The molecule has 2 atom stereocenters. The van der Waals surface area contributed by atoms with Crippen molar-refractivity contribution in [1.82, 2.24) is 10.2 Å². The lowest BCUT2D eigenvalue weighted by molar-refractivity contribution is 0.0871. The summed E-state index contributed by atoms with van der Waals surface area (Å²) < 4.78 is 5.47. The standard InChI is InChI=1S/C17H27ClN2O/c1-12-9-19-16(17(2,3)4)11-20(12)10-13-14(18)7-6-8-15(13)21-5/h6-8,12,16,19H,9-11H2,1-5H3. The minimum absolute atomic E-state index is 0.253. The first-order chi connectivity index (χ1) is 9.82. The van der Waals surface area contributed by atoms with Gasteiger partial charge in [-0.1, -0.05) is 38.4 Å². The molecule has 21 heavy (non-hydrogen) atoms. The zero-order valence-corrected chi connectivity index (χ0v) is 14.5. The zero-order valence-electron chi connectivity index (χ0n) is 13.7. The van der Waals surface area contributed by atoms with Crippen LogP contribution >= 0.6 is 11.6 Å². The van der Waals surface area contributed by atoms with Crippen LogP contribution in [0.15, 0.2) is 18.2 Å². The Balaban J connectivity index is 2.18. The highest BCUT2D eigenvalue weighted by molar-refractivity contribution is 6.31.